The molecule has 1 N–H and O–H groups in total. The summed E-state index contributed by atoms with van der Waals surface area (Å²) in [4.78, 5) is 8.97. The lowest BCUT2D eigenvalue weighted by molar-refractivity contribution is -0.00803. The molecule has 1 aromatic heterocycles. The van der Waals surface area contributed by atoms with Crippen molar-refractivity contribution in [3.63, 3.8) is 0 Å². The molecular weight excluding hydrogens is 371 g/mol. The normalized spacial score (nSPS) is 17.4. The van der Waals surface area contributed by atoms with E-state index >= 15 is 0 Å². The van der Waals surface area contributed by atoms with E-state index in [0.29, 0.717) is 18.8 Å². The second kappa shape index (κ2) is 10.2. The third kappa shape index (κ3) is 5.69. The maximum atomic E-state index is 13.9. The van der Waals surface area contributed by atoms with Crippen LogP contribution in [0.2, 0.25) is 0 Å². The van der Waals surface area contributed by atoms with E-state index in [1.165, 1.54) is 6.07 Å². The molecule has 8 heteroatoms. The lowest BCUT2D eigenvalue weighted by Crippen LogP contribution is -2.48. The van der Waals surface area contributed by atoms with Crippen molar-refractivity contribution in [2.45, 2.75) is 19.4 Å². The zero-order valence-corrected chi connectivity index (χ0v) is 17.5. The SMILES string of the molecule is CCNC(=NCCCN(C)c1ccccc1F)N1CCOC(c2cnn(C)c2)C1. The highest BCUT2D eigenvalue weighted by Crippen LogP contribution is 2.21. The molecule has 2 aromatic rings. The third-order valence-electron chi connectivity index (χ3n) is 4.97. The lowest BCUT2D eigenvalue weighted by Gasteiger charge is -2.34. The molecule has 0 amide bonds. The van der Waals surface area contributed by atoms with Gasteiger partial charge in [-0.2, -0.15) is 5.10 Å². The van der Waals surface area contributed by atoms with E-state index in [-0.39, 0.29) is 11.9 Å². The summed E-state index contributed by atoms with van der Waals surface area (Å²) in [5.41, 5.74) is 1.70. The van der Waals surface area contributed by atoms with Crippen LogP contribution in [0.1, 0.15) is 25.0 Å². The number of para-hydroxylation sites is 1. The van der Waals surface area contributed by atoms with Gasteiger partial charge in [-0.3, -0.25) is 9.67 Å². The van der Waals surface area contributed by atoms with Crippen LogP contribution in [-0.2, 0) is 11.8 Å². The van der Waals surface area contributed by atoms with Crippen molar-refractivity contribution in [1.29, 1.82) is 0 Å². The van der Waals surface area contributed by atoms with E-state index in [4.69, 9.17) is 9.73 Å². The number of hydrogen-bond donors (Lipinski definition) is 1. The number of rotatable bonds is 7. The Hall–Kier alpha value is -2.61. The van der Waals surface area contributed by atoms with Crippen molar-refractivity contribution in [1.82, 2.24) is 20.0 Å². The van der Waals surface area contributed by atoms with E-state index in [1.54, 1.807) is 16.8 Å². The largest absolute Gasteiger partial charge is 0.372 e. The highest BCUT2D eigenvalue weighted by molar-refractivity contribution is 5.80. The number of nitrogens with zero attached hydrogens (tertiary/aromatic N) is 5. The van der Waals surface area contributed by atoms with Crippen LogP contribution >= 0.6 is 0 Å². The van der Waals surface area contributed by atoms with Crippen molar-refractivity contribution < 1.29 is 9.13 Å². The molecule has 1 saturated heterocycles. The molecule has 1 aliphatic rings. The minimum absolute atomic E-state index is 0.00602. The smallest absolute Gasteiger partial charge is 0.194 e. The second-order valence-corrected chi connectivity index (χ2v) is 7.21. The molecule has 0 saturated carbocycles. The summed E-state index contributed by atoms with van der Waals surface area (Å²) >= 11 is 0. The predicted molar refractivity (Wildman–Crippen MR) is 114 cm³/mol. The summed E-state index contributed by atoms with van der Waals surface area (Å²) in [7, 11) is 3.82. The van der Waals surface area contributed by atoms with Gasteiger partial charge in [-0.15, -0.1) is 0 Å². The van der Waals surface area contributed by atoms with E-state index in [2.05, 4.69) is 22.2 Å². The van der Waals surface area contributed by atoms with Crippen LogP contribution in [0, 0.1) is 5.82 Å². The number of guanidine groups is 1. The lowest BCUT2D eigenvalue weighted by atomic mass is 10.1. The molecule has 0 spiro atoms. The molecule has 2 heterocycles. The average Bonchev–Trinajstić information content (AvgIpc) is 3.17. The average molecular weight is 403 g/mol. The molecule has 1 fully saturated rings. The van der Waals surface area contributed by atoms with E-state index in [0.717, 1.165) is 44.1 Å². The Balaban J connectivity index is 1.55. The minimum atomic E-state index is -0.193. The van der Waals surface area contributed by atoms with Crippen molar-refractivity contribution in [3.8, 4) is 0 Å². The van der Waals surface area contributed by atoms with Gasteiger partial charge in [0.2, 0.25) is 0 Å². The van der Waals surface area contributed by atoms with E-state index in [1.807, 2.05) is 37.5 Å². The van der Waals surface area contributed by atoms with Gasteiger partial charge in [-0.05, 0) is 25.5 Å². The number of anilines is 1. The fourth-order valence-electron chi connectivity index (χ4n) is 3.45. The molecule has 0 aliphatic carbocycles. The van der Waals surface area contributed by atoms with Gasteiger partial charge in [-0.25, -0.2) is 4.39 Å². The Morgan fingerprint density at radius 2 is 2.24 bits per heavy atom. The summed E-state index contributed by atoms with van der Waals surface area (Å²) in [5.74, 6) is 0.708. The topological polar surface area (TPSA) is 57.9 Å². The molecule has 1 atom stereocenters. The van der Waals surface area contributed by atoms with Gasteiger partial charge in [0.15, 0.2) is 5.96 Å². The Bertz CT molecular complexity index is 808. The predicted octanol–water partition coefficient (Wildman–Crippen LogP) is 2.42. The summed E-state index contributed by atoms with van der Waals surface area (Å²) in [6, 6.07) is 6.85. The number of aryl methyl sites for hydroxylation is 1. The molecule has 29 heavy (non-hydrogen) atoms. The second-order valence-electron chi connectivity index (χ2n) is 7.21. The van der Waals surface area contributed by atoms with Crippen molar-refractivity contribution in [2.24, 2.45) is 12.0 Å². The summed E-state index contributed by atoms with van der Waals surface area (Å²) < 4.78 is 21.6. The van der Waals surface area contributed by atoms with Crippen LogP contribution < -0.4 is 10.2 Å². The number of halogens is 1. The molecule has 1 aromatic carbocycles. The van der Waals surface area contributed by atoms with E-state index in [9.17, 15) is 4.39 Å². The highest BCUT2D eigenvalue weighted by atomic mass is 19.1. The summed E-state index contributed by atoms with van der Waals surface area (Å²) in [5, 5.41) is 7.63. The first-order valence-electron chi connectivity index (χ1n) is 10.2. The molecular formula is C21H31FN6O. The number of hydrogen-bond acceptors (Lipinski definition) is 4. The molecule has 0 radical (unpaired) electrons. The van der Waals surface area contributed by atoms with Crippen LogP contribution in [0.4, 0.5) is 10.1 Å². The zero-order chi connectivity index (χ0) is 20.6. The Kier molecular flexibility index (Phi) is 7.46. The fraction of sp³-hybridized carbons (Fsp3) is 0.524. The Morgan fingerprint density at radius 3 is 2.97 bits per heavy atom. The van der Waals surface area contributed by atoms with Crippen LogP contribution in [0.3, 0.4) is 0 Å². The molecule has 3 rings (SSSR count). The van der Waals surface area contributed by atoms with Crippen LogP contribution in [0.5, 0.6) is 0 Å². The summed E-state index contributed by atoms with van der Waals surface area (Å²) in [6.45, 7) is 6.50. The minimum Gasteiger partial charge on any atom is -0.372 e. The number of aliphatic imine (C=N–C) groups is 1. The Labute approximate surface area is 172 Å². The molecule has 1 unspecified atom stereocenters. The molecule has 7 nitrogen and oxygen atoms in total. The molecule has 0 bridgehead atoms. The van der Waals surface area contributed by atoms with Crippen LogP contribution in [0.25, 0.3) is 0 Å². The van der Waals surface area contributed by atoms with Gasteiger partial charge in [0, 0.05) is 52.0 Å². The quantitative estimate of drug-likeness (QED) is 0.438. The van der Waals surface area contributed by atoms with Gasteiger partial charge >= 0.3 is 0 Å². The maximum absolute atomic E-state index is 13.9. The number of benzene rings is 1. The van der Waals surface area contributed by atoms with Crippen molar-refractivity contribution in [3.05, 3.63) is 48.0 Å². The number of aromatic nitrogens is 2. The van der Waals surface area contributed by atoms with Gasteiger partial charge in [0.05, 0.1) is 25.0 Å². The number of morpholine rings is 1. The van der Waals surface area contributed by atoms with Gasteiger partial charge < -0.3 is 19.9 Å². The third-order valence-corrected chi connectivity index (χ3v) is 4.97. The monoisotopic (exact) mass is 402 g/mol. The Morgan fingerprint density at radius 1 is 1.41 bits per heavy atom. The maximum Gasteiger partial charge on any atom is 0.194 e. The summed E-state index contributed by atoms with van der Waals surface area (Å²) in [6.07, 6.45) is 4.69. The number of nitrogens with one attached hydrogen (secondary N) is 1. The van der Waals surface area contributed by atoms with Gasteiger partial charge in [0.1, 0.15) is 11.9 Å². The fourth-order valence-corrected chi connectivity index (χ4v) is 3.45. The van der Waals surface area contributed by atoms with E-state index < -0.39 is 0 Å². The first kappa shape index (κ1) is 21.1. The van der Waals surface area contributed by atoms with Crippen LogP contribution in [-0.4, -0.2) is 67.0 Å². The first-order chi connectivity index (χ1) is 14.1. The molecule has 1 aliphatic heterocycles. The highest BCUT2D eigenvalue weighted by Gasteiger charge is 2.25. The van der Waals surface area contributed by atoms with Gasteiger partial charge in [0.25, 0.3) is 0 Å². The number of ether oxygens (including phenoxy) is 1. The first-order valence-corrected chi connectivity index (χ1v) is 10.2. The van der Waals surface area contributed by atoms with Crippen LogP contribution in [0.15, 0.2) is 41.7 Å². The van der Waals surface area contributed by atoms with Crippen molar-refractivity contribution >= 4 is 11.6 Å². The molecule has 158 valence electrons. The van der Waals surface area contributed by atoms with Crippen molar-refractivity contribution in [2.75, 3.05) is 51.3 Å². The van der Waals surface area contributed by atoms with Gasteiger partial charge in [-0.1, -0.05) is 12.1 Å². The standard InChI is InChI=1S/C21H31FN6O/c1-4-23-21(24-10-7-11-26(2)19-9-6-5-8-18(19)22)28-12-13-29-20(16-28)17-14-25-27(3)15-17/h5-6,8-9,14-15,20H,4,7,10-13,16H2,1-3H3,(H,23,24). The zero-order valence-electron chi connectivity index (χ0n) is 17.5.